The molecular weight excluding hydrogens is 218 g/mol. The van der Waals surface area contributed by atoms with Crippen LogP contribution in [-0.4, -0.2) is 34.8 Å². The molecule has 2 N–H and O–H groups in total. The van der Waals surface area contributed by atoms with Crippen LogP contribution in [0.3, 0.4) is 0 Å². The highest BCUT2D eigenvalue weighted by molar-refractivity contribution is 6.31. The number of aromatic nitrogens is 2. The molecule has 0 aliphatic heterocycles. The van der Waals surface area contributed by atoms with Gasteiger partial charge in [0.05, 0.1) is 13.2 Å². The molecule has 15 heavy (non-hydrogen) atoms. The van der Waals surface area contributed by atoms with Crippen molar-refractivity contribution in [3.63, 3.8) is 0 Å². The summed E-state index contributed by atoms with van der Waals surface area (Å²) in [7, 11) is 1.50. The third-order valence-corrected chi connectivity index (χ3v) is 2.09. The van der Waals surface area contributed by atoms with Crippen LogP contribution in [0.15, 0.2) is 6.33 Å². The number of methoxy groups -OCH3 is 1. The summed E-state index contributed by atoms with van der Waals surface area (Å²) in [6, 6.07) is 0. The second-order valence-electron chi connectivity index (χ2n) is 3.11. The summed E-state index contributed by atoms with van der Waals surface area (Å²) in [5.74, 6) is 0.961. The smallest absolute Gasteiger partial charge is 0.198 e. The van der Waals surface area contributed by atoms with E-state index in [9.17, 15) is 0 Å². The largest absolute Gasteiger partial charge is 0.490 e. The van der Waals surface area contributed by atoms with Crippen molar-refractivity contribution in [1.82, 2.24) is 9.97 Å². The SMILES string of the molecule is COc1c(Cl)ncnc1NCCC(C)O. The van der Waals surface area contributed by atoms with Gasteiger partial charge in [-0.3, -0.25) is 0 Å². The van der Waals surface area contributed by atoms with Crippen molar-refractivity contribution in [3.8, 4) is 5.75 Å². The number of hydrogen-bond donors (Lipinski definition) is 2. The van der Waals surface area contributed by atoms with E-state index in [-0.39, 0.29) is 11.3 Å². The first-order valence-corrected chi connectivity index (χ1v) is 4.99. The number of anilines is 1. The van der Waals surface area contributed by atoms with Gasteiger partial charge in [-0.15, -0.1) is 0 Å². The molecule has 1 rings (SSSR count). The third-order valence-electron chi connectivity index (χ3n) is 1.82. The molecule has 1 aromatic heterocycles. The first-order chi connectivity index (χ1) is 7.15. The summed E-state index contributed by atoms with van der Waals surface area (Å²) in [6.45, 7) is 2.33. The van der Waals surface area contributed by atoms with E-state index in [2.05, 4.69) is 15.3 Å². The highest BCUT2D eigenvalue weighted by Crippen LogP contribution is 2.28. The first kappa shape index (κ1) is 12.0. The van der Waals surface area contributed by atoms with E-state index in [1.807, 2.05) is 0 Å². The number of halogens is 1. The Morgan fingerprint density at radius 1 is 1.60 bits per heavy atom. The van der Waals surface area contributed by atoms with E-state index in [4.69, 9.17) is 21.4 Å². The lowest BCUT2D eigenvalue weighted by Gasteiger charge is -2.10. The number of nitrogens with one attached hydrogen (secondary N) is 1. The molecule has 0 aromatic carbocycles. The molecule has 0 aliphatic rings. The van der Waals surface area contributed by atoms with Gasteiger partial charge in [0.25, 0.3) is 0 Å². The molecule has 0 amide bonds. The molecule has 0 saturated carbocycles. The van der Waals surface area contributed by atoms with Gasteiger partial charge in [0.15, 0.2) is 16.7 Å². The third kappa shape index (κ3) is 3.53. The molecule has 1 unspecified atom stereocenters. The zero-order valence-corrected chi connectivity index (χ0v) is 9.45. The lowest BCUT2D eigenvalue weighted by atomic mass is 10.3. The van der Waals surface area contributed by atoms with Crippen LogP contribution in [-0.2, 0) is 0 Å². The Labute approximate surface area is 93.5 Å². The van der Waals surface area contributed by atoms with Gasteiger partial charge in [-0.05, 0) is 13.3 Å². The quantitative estimate of drug-likeness (QED) is 0.749. The fourth-order valence-electron chi connectivity index (χ4n) is 1.06. The van der Waals surface area contributed by atoms with Crippen LogP contribution in [0, 0.1) is 0 Å². The molecule has 0 bridgehead atoms. The van der Waals surface area contributed by atoms with E-state index < -0.39 is 0 Å². The van der Waals surface area contributed by atoms with Crippen molar-refractivity contribution < 1.29 is 9.84 Å². The van der Waals surface area contributed by atoms with Gasteiger partial charge in [-0.2, -0.15) is 0 Å². The van der Waals surface area contributed by atoms with E-state index in [0.29, 0.717) is 24.5 Å². The Morgan fingerprint density at radius 3 is 2.93 bits per heavy atom. The second-order valence-corrected chi connectivity index (χ2v) is 3.47. The predicted molar refractivity (Wildman–Crippen MR) is 58.4 cm³/mol. The highest BCUT2D eigenvalue weighted by Gasteiger charge is 2.09. The average molecular weight is 232 g/mol. The molecule has 1 aromatic rings. The van der Waals surface area contributed by atoms with Crippen LogP contribution >= 0.6 is 11.6 Å². The maximum Gasteiger partial charge on any atom is 0.198 e. The summed E-state index contributed by atoms with van der Waals surface area (Å²) in [5, 5.41) is 12.4. The van der Waals surface area contributed by atoms with E-state index in [1.54, 1.807) is 6.92 Å². The Hall–Kier alpha value is -1.07. The standard InChI is InChI=1S/C9H14ClN3O2/c1-6(14)3-4-11-9-7(15-2)8(10)12-5-13-9/h5-6,14H,3-4H2,1-2H3,(H,11,12,13). The topological polar surface area (TPSA) is 67.3 Å². The van der Waals surface area contributed by atoms with E-state index >= 15 is 0 Å². The number of nitrogens with zero attached hydrogens (tertiary/aromatic N) is 2. The van der Waals surface area contributed by atoms with Crippen molar-refractivity contribution in [3.05, 3.63) is 11.5 Å². The molecule has 0 saturated heterocycles. The Kier molecular flexibility index (Phi) is 4.58. The Morgan fingerprint density at radius 2 is 2.33 bits per heavy atom. The maximum atomic E-state index is 9.08. The summed E-state index contributed by atoms with van der Waals surface area (Å²) in [5.41, 5.74) is 0. The lowest BCUT2D eigenvalue weighted by molar-refractivity contribution is 0.188. The van der Waals surface area contributed by atoms with Gasteiger partial charge in [-0.25, -0.2) is 9.97 Å². The molecule has 0 radical (unpaired) electrons. The van der Waals surface area contributed by atoms with Crippen LogP contribution in [0.5, 0.6) is 5.75 Å². The molecule has 0 fully saturated rings. The zero-order chi connectivity index (χ0) is 11.3. The van der Waals surface area contributed by atoms with Crippen LogP contribution < -0.4 is 10.1 Å². The number of rotatable bonds is 5. The van der Waals surface area contributed by atoms with Crippen molar-refractivity contribution in [1.29, 1.82) is 0 Å². The predicted octanol–water partition coefficient (Wildman–Crippen LogP) is 1.32. The normalized spacial score (nSPS) is 12.3. The fourth-order valence-corrected chi connectivity index (χ4v) is 1.27. The molecule has 0 spiro atoms. The van der Waals surface area contributed by atoms with Crippen LogP contribution in [0.1, 0.15) is 13.3 Å². The minimum atomic E-state index is -0.346. The molecule has 1 atom stereocenters. The van der Waals surface area contributed by atoms with Crippen molar-refractivity contribution in [2.45, 2.75) is 19.4 Å². The molecule has 1 heterocycles. The van der Waals surface area contributed by atoms with Crippen molar-refractivity contribution in [2.75, 3.05) is 19.0 Å². The monoisotopic (exact) mass is 231 g/mol. The minimum Gasteiger partial charge on any atom is -0.490 e. The maximum absolute atomic E-state index is 9.08. The van der Waals surface area contributed by atoms with Gasteiger partial charge in [0.2, 0.25) is 0 Å². The second kappa shape index (κ2) is 5.72. The number of hydrogen-bond acceptors (Lipinski definition) is 5. The molecule has 5 nitrogen and oxygen atoms in total. The molecular formula is C9H14ClN3O2. The van der Waals surface area contributed by atoms with Crippen molar-refractivity contribution in [2.24, 2.45) is 0 Å². The average Bonchev–Trinajstić information content (AvgIpc) is 2.17. The minimum absolute atomic E-state index is 0.270. The summed E-state index contributed by atoms with van der Waals surface area (Å²) >= 11 is 5.81. The fraction of sp³-hybridized carbons (Fsp3) is 0.556. The Balaban J connectivity index is 2.64. The molecule has 6 heteroatoms. The van der Waals surface area contributed by atoms with Gasteiger partial charge in [0, 0.05) is 6.54 Å². The summed E-state index contributed by atoms with van der Waals surface area (Å²) < 4.78 is 5.05. The van der Waals surface area contributed by atoms with E-state index in [0.717, 1.165) is 0 Å². The van der Waals surface area contributed by atoms with Crippen LogP contribution in [0.25, 0.3) is 0 Å². The van der Waals surface area contributed by atoms with Gasteiger partial charge >= 0.3 is 0 Å². The summed E-state index contributed by atoms with van der Waals surface area (Å²) in [6.07, 6.45) is 1.64. The Bertz CT molecular complexity index is 320. The lowest BCUT2D eigenvalue weighted by Crippen LogP contribution is -2.11. The van der Waals surface area contributed by atoms with Crippen LogP contribution in [0.4, 0.5) is 5.82 Å². The highest BCUT2D eigenvalue weighted by atomic mass is 35.5. The van der Waals surface area contributed by atoms with Gasteiger partial charge in [-0.1, -0.05) is 11.6 Å². The number of ether oxygens (including phenoxy) is 1. The van der Waals surface area contributed by atoms with Gasteiger partial charge in [0.1, 0.15) is 6.33 Å². The number of aliphatic hydroxyl groups excluding tert-OH is 1. The van der Waals surface area contributed by atoms with E-state index in [1.165, 1.54) is 13.4 Å². The summed E-state index contributed by atoms with van der Waals surface area (Å²) in [4.78, 5) is 7.79. The molecule has 0 aliphatic carbocycles. The number of aliphatic hydroxyl groups is 1. The van der Waals surface area contributed by atoms with Crippen LogP contribution in [0.2, 0.25) is 5.15 Å². The van der Waals surface area contributed by atoms with Crippen molar-refractivity contribution >= 4 is 17.4 Å². The molecule has 84 valence electrons. The zero-order valence-electron chi connectivity index (χ0n) is 8.70. The first-order valence-electron chi connectivity index (χ1n) is 4.61. The van der Waals surface area contributed by atoms with Gasteiger partial charge < -0.3 is 15.2 Å².